The topological polar surface area (TPSA) is 107 Å². The molecule has 7 nitrogen and oxygen atoms in total. The summed E-state index contributed by atoms with van der Waals surface area (Å²) in [5.74, 6) is -5.47. The van der Waals surface area contributed by atoms with Crippen LogP contribution in [0.3, 0.4) is 0 Å². The lowest BCUT2D eigenvalue weighted by Gasteiger charge is -2.10. The summed E-state index contributed by atoms with van der Waals surface area (Å²) in [6, 6.07) is 6.07. The number of halogens is 3. The molecule has 0 fully saturated rings. The number of aliphatic carboxylic acids is 1. The molecule has 158 valence electrons. The molecule has 4 aromatic rings. The number of carboxylic acids is 1. The van der Waals surface area contributed by atoms with Gasteiger partial charge in [0, 0.05) is 16.5 Å². The van der Waals surface area contributed by atoms with Gasteiger partial charge in [0.2, 0.25) is 5.91 Å². The standard InChI is InChI=1S/C21H14F3N3O4/c22-12-4-5-13(23)20(24)11(12)8-27-14-3-1-2-10(21(25)30)18(14)19-15(27)6-26-7-16(19)31-9-17(28)29/h1-7H,8-9H2,(H2,25,30)(H,28,29). The molecular weight excluding hydrogens is 415 g/mol. The number of pyridine rings is 1. The van der Waals surface area contributed by atoms with Crippen LogP contribution in [-0.4, -0.2) is 33.1 Å². The van der Waals surface area contributed by atoms with E-state index in [1.165, 1.54) is 29.1 Å². The molecule has 0 unspecified atom stereocenters. The Morgan fingerprint density at radius 2 is 1.77 bits per heavy atom. The molecule has 0 atom stereocenters. The van der Waals surface area contributed by atoms with Crippen molar-refractivity contribution >= 4 is 33.7 Å². The van der Waals surface area contributed by atoms with Gasteiger partial charge in [-0.1, -0.05) is 6.07 Å². The fourth-order valence-electron chi connectivity index (χ4n) is 3.54. The lowest BCUT2D eigenvalue weighted by Crippen LogP contribution is -2.12. The normalized spacial score (nSPS) is 11.2. The molecule has 10 heteroatoms. The van der Waals surface area contributed by atoms with Crippen LogP contribution >= 0.6 is 0 Å². The van der Waals surface area contributed by atoms with Gasteiger partial charge in [0.1, 0.15) is 11.6 Å². The minimum Gasteiger partial charge on any atom is -0.480 e. The van der Waals surface area contributed by atoms with Crippen LogP contribution in [0.1, 0.15) is 15.9 Å². The molecule has 0 saturated heterocycles. The number of hydrogen-bond acceptors (Lipinski definition) is 4. The van der Waals surface area contributed by atoms with Gasteiger partial charge in [-0.15, -0.1) is 0 Å². The highest BCUT2D eigenvalue weighted by Gasteiger charge is 2.23. The predicted molar refractivity (Wildman–Crippen MR) is 104 cm³/mol. The Morgan fingerprint density at radius 1 is 1.03 bits per heavy atom. The SMILES string of the molecule is NC(=O)c1cccc2c1c1c(OCC(=O)O)cncc1n2Cc1c(F)ccc(F)c1F. The predicted octanol–water partition coefficient (Wildman–Crippen LogP) is 3.22. The lowest BCUT2D eigenvalue weighted by molar-refractivity contribution is -0.139. The van der Waals surface area contributed by atoms with Crippen molar-refractivity contribution in [3.8, 4) is 5.75 Å². The number of fused-ring (bicyclic) bond motifs is 3. The Morgan fingerprint density at radius 3 is 2.48 bits per heavy atom. The van der Waals surface area contributed by atoms with Gasteiger partial charge in [0.15, 0.2) is 18.2 Å². The first-order valence-electron chi connectivity index (χ1n) is 8.95. The molecule has 0 saturated carbocycles. The zero-order valence-electron chi connectivity index (χ0n) is 15.7. The number of hydrogen-bond donors (Lipinski definition) is 2. The van der Waals surface area contributed by atoms with Gasteiger partial charge in [0.05, 0.1) is 35.4 Å². The second-order valence-corrected chi connectivity index (χ2v) is 6.69. The number of carboxylic acid groups (broad SMARTS) is 1. The number of aromatic nitrogens is 2. The molecule has 0 spiro atoms. The number of benzene rings is 2. The van der Waals surface area contributed by atoms with Crippen LogP contribution in [0.15, 0.2) is 42.7 Å². The Kier molecular flexibility index (Phi) is 4.97. The van der Waals surface area contributed by atoms with Crippen molar-refractivity contribution in [3.05, 3.63) is 71.3 Å². The fraction of sp³-hybridized carbons (Fsp3) is 0.0952. The van der Waals surface area contributed by atoms with Crippen molar-refractivity contribution in [3.63, 3.8) is 0 Å². The van der Waals surface area contributed by atoms with Crippen LogP contribution < -0.4 is 10.5 Å². The summed E-state index contributed by atoms with van der Waals surface area (Å²) in [7, 11) is 0. The highest BCUT2D eigenvalue weighted by Crippen LogP contribution is 2.37. The number of carbonyl (C=O) groups excluding carboxylic acids is 1. The van der Waals surface area contributed by atoms with E-state index in [0.717, 1.165) is 6.07 Å². The van der Waals surface area contributed by atoms with Gasteiger partial charge < -0.3 is 20.1 Å². The molecule has 2 heterocycles. The number of ether oxygens (including phenoxy) is 1. The summed E-state index contributed by atoms with van der Waals surface area (Å²) in [5, 5.41) is 9.53. The number of carbonyl (C=O) groups is 2. The smallest absolute Gasteiger partial charge is 0.341 e. The molecule has 2 aromatic carbocycles. The lowest BCUT2D eigenvalue weighted by atomic mass is 10.1. The maximum absolute atomic E-state index is 14.3. The number of rotatable bonds is 6. The molecule has 0 radical (unpaired) electrons. The quantitative estimate of drug-likeness (QED) is 0.458. The van der Waals surface area contributed by atoms with E-state index in [0.29, 0.717) is 17.0 Å². The Hall–Kier alpha value is -4.08. The summed E-state index contributed by atoms with van der Waals surface area (Å²) in [6.07, 6.45) is 2.62. The summed E-state index contributed by atoms with van der Waals surface area (Å²) in [6.45, 7) is -1.11. The van der Waals surface area contributed by atoms with E-state index in [9.17, 15) is 22.8 Å². The third-order valence-corrected chi connectivity index (χ3v) is 4.84. The zero-order chi connectivity index (χ0) is 22.3. The molecule has 4 rings (SSSR count). The van der Waals surface area contributed by atoms with Crippen molar-refractivity contribution < 1.29 is 32.6 Å². The van der Waals surface area contributed by atoms with Crippen molar-refractivity contribution in [1.82, 2.24) is 9.55 Å². The molecular formula is C21H14F3N3O4. The van der Waals surface area contributed by atoms with Crippen molar-refractivity contribution in [1.29, 1.82) is 0 Å². The summed E-state index contributed by atoms with van der Waals surface area (Å²) >= 11 is 0. The first-order valence-corrected chi connectivity index (χ1v) is 8.95. The maximum Gasteiger partial charge on any atom is 0.341 e. The maximum atomic E-state index is 14.3. The second-order valence-electron chi connectivity index (χ2n) is 6.69. The van der Waals surface area contributed by atoms with Crippen LogP contribution in [0.5, 0.6) is 5.75 Å². The average Bonchev–Trinajstić information content (AvgIpc) is 3.06. The van der Waals surface area contributed by atoms with E-state index in [1.807, 2.05) is 0 Å². The van der Waals surface area contributed by atoms with Gasteiger partial charge >= 0.3 is 5.97 Å². The molecule has 1 amide bonds. The first-order chi connectivity index (χ1) is 14.8. The van der Waals surface area contributed by atoms with E-state index in [-0.39, 0.29) is 22.2 Å². The molecule has 31 heavy (non-hydrogen) atoms. The van der Waals surface area contributed by atoms with Gasteiger partial charge in [-0.3, -0.25) is 9.78 Å². The summed E-state index contributed by atoms with van der Waals surface area (Å²) in [4.78, 5) is 27.0. The number of amides is 1. The average molecular weight is 429 g/mol. The fourth-order valence-corrected chi connectivity index (χ4v) is 3.54. The van der Waals surface area contributed by atoms with Crippen LogP contribution in [0.25, 0.3) is 21.8 Å². The van der Waals surface area contributed by atoms with Gasteiger partial charge in [-0.2, -0.15) is 0 Å². The Labute approximate surface area is 172 Å². The van der Waals surface area contributed by atoms with Crippen molar-refractivity contribution in [2.24, 2.45) is 5.73 Å². The zero-order valence-corrected chi connectivity index (χ0v) is 15.7. The minimum atomic E-state index is -1.34. The third-order valence-electron chi connectivity index (χ3n) is 4.84. The van der Waals surface area contributed by atoms with Crippen molar-refractivity contribution in [2.45, 2.75) is 6.54 Å². The summed E-state index contributed by atoms with van der Waals surface area (Å²) in [5.41, 5.74) is 5.70. The minimum absolute atomic E-state index is 0.0394. The van der Waals surface area contributed by atoms with Gasteiger partial charge in [0.25, 0.3) is 0 Å². The first kappa shape index (κ1) is 20.2. The number of primary amides is 1. The van der Waals surface area contributed by atoms with Crippen LogP contribution in [-0.2, 0) is 11.3 Å². The van der Waals surface area contributed by atoms with Crippen molar-refractivity contribution in [2.75, 3.05) is 6.61 Å². The number of nitrogens with zero attached hydrogens (tertiary/aromatic N) is 2. The second kappa shape index (κ2) is 7.63. The van der Waals surface area contributed by atoms with E-state index in [4.69, 9.17) is 15.6 Å². The van der Waals surface area contributed by atoms with E-state index >= 15 is 0 Å². The van der Waals surface area contributed by atoms with Crippen LogP contribution in [0.2, 0.25) is 0 Å². The van der Waals surface area contributed by atoms with Crippen LogP contribution in [0, 0.1) is 17.5 Å². The molecule has 2 aromatic heterocycles. The van der Waals surface area contributed by atoms with E-state index < -0.39 is 48.0 Å². The highest BCUT2D eigenvalue weighted by atomic mass is 19.2. The molecule has 0 aliphatic rings. The summed E-state index contributed by atoms with van der Waals surface area (Å²) < 4.78 is 49.1. The molecule has 3 N–H and O–H groups in total. The van der Waals surface area contributed by atoms with Gasteiger partial charge in [-0.25, -0.2) is 18.0 Å². The monoisotopic (exact) mass is 429 g/mol. The van der Waals surface area contributed by atoms with E-state index in [2.05, 4.69) is 4.98 Å². The van der Waals surface area contributed by atoms with E-state index in [1.54, 1.807) is 6.07 Å². The van der Waals surface area contributed by atoms with Gasteiger partial charge in [-0.05, 0) is 24.3 Å². The Balaban J connectivity index is 2.05. The Bertz CT molecular complexity index is 1370. The largest absolute Gasteiger partial charge is 0.480 e. The number of nitrogens with two attached hydrogens (primary N) is 1. The highest BCUT2D eigenvalue weighted by molar-refractivity contribution is 6.19. The van der Waals surface area contributed by atoms with Crippen LogP contribution in [0.4, 0.5) is 13.2 Å². The third kappa shape index (κ3) is 3.41. The molecule has 0 bridgehead atoms. The molecule has 0 aliphatic heterocycles. The molecule has 0 aliphatic carbocycles.